The number of aryl methyl sites for hydroxylation is 1. The predicted octanol–water partition coefficient (Wildman–Crippen LogP) is 2.41. The Morgan fingerprint density at radius 1 is 1.42 bits per heavy atom. The van der Waals surface area contributed by atoms with Gasteiger partial charge in [-0.2, -0.15) is 0 Å². The van der Waals surface area contributed by atoms with E-state index in [1.807, 2.05) is 32.9 Å². The third-order valence-electron chi connectivity index (χ3n) is 4.14. The van der Waals surface area contributed by atoms with Gasteiger partial charge >= 0.3 is 5.97 Å². The Balaban J connectivity index is 2.19. The third kappa shape index (κ3) is 2.73. The Morgan fingerprint density at radius 3 is 2.68 bits per heavy atom. The summed E-state index contributed by atoms with van der Waals surface area (Å²) >= 11 is 0. The van der Waals surface area contributed by atoms with E-state index in [2.05, 4.69) is 4.90 Å². The lowest BCUT2D eigenvalue weighted by atomic mass is 9.99. The highest BCUT2D eigenvalue weighted by atomic mass is 16.4. The summed E-state index contributed by atoms with van der Waals surface area (Å²) in [6.45, 7) is 7.28. The molecule has 0 saturated carbocycles. The highest BCUT2D eigenvalue weighted by molar-refractivity contribution is 5.71. The molecule has 0 aliphatic carbocycles. The highest BCUT2D eigenvalue weighted by Gasteiger charge is 2.37. The van der Waals surface area contributed by atoms with Gasteiger partial charge in [0.2, 0.25) is 0 Å². The lowest BCUT2D eigenvalue weighted by Crippen LogP contribution is -2.26. The van der Waals surface area contributed by atoms with Crippen LogP contribution in [0, 0.1) is 18.8 Å². The third-order valence-corrected chi connectivity index (χ3v) is 4.14. The topological polar surface area (TPSA) is 60.8 Å². The average Bonchev–Trinajstić information content (AvgIpc) is 2.74. The Labute approximate surface area is 113 Å². The van der Waals surface area contributed by atoms with Gasteiger partial charge in [-0.3, -0.25) is 9.69 Å². The summed E-state index contributed by atoms with van der Waals surface area (Å²) in [5.41, 5.74) is 1.97. The molecular formula is C15H21NO3. The summed E-state index contributed by atoms with van der Waals surface area (Å²) in [5.74, 6) is -0.610. The van der Waals surface area contributed by atoms with Crippen molar-refractivity contribution in [3.05, 3.63) is 29.3 Å². The van der Waals surface area contributed by atoms with E-state index < -0.39 is 5.97 Å². The Morgan fingerprint density at radius 2 is 2.11 bits per heavy atom. The number of phenolic OH excluding ortho intramolecular Hbond substituents is 1. The molecule has 0 radical (unpaired) electrons. The lowest BCUT2D eigenvalue weighted by molar-refractivity contribution is -0.142. The van der Waals surface area contributed by atoms with Gasteiger partial charge in [0.1, 0.15) is 5.75 Å². The maximum Gasteiger partial charge on any atom is 0.308 e. The van der Waals surface area contributed by atoms with Gasteiger partial charge in [-0.15, -0.1) is 0 Å². The molecule has 1 fully saturated rings. The van der Waals surface area contributed by atoms with Gasteiger partial charge in [0.25, 0.3) is 0 Å². The van der Waals surface area contributed by atoms with Crippen molar-refractivity contribution in [2.45, 2.75) is 26.8 Å². The summed E-state index contributed by atoms with van der Waals surface area (Å²) in [7, 11) is 0. The maximum atomic E-state index is 11.2. The van der Waals surface area contributed by atoms with Crippen molar-refractivity contribution in [2.24, 2.45) is 11.8 Å². The summed E-state index contributed by atoms with van der Waals surface area (Å²) in [4.78, 5) is 13.3. The first-order chi connectivity index (χ1) is 8.90. The summed E-state index contributed by atoms with van der Waals surface area (Å²) in [6.07, 6.45) is 0. The fourth-order valence-corrected chi connectivity index (χ4v) is 2.85. The first kappa shape index (κ1) is 13.9. The molecule has 1 saturated heterocycles. The monoisotopic (exact) mass is 263 g/mol. The molecule has 2 rings (SSSR count). The lowest BCUT2D eigenvalue weighted by Gasteiger charge is -2.25. The molecule has 1 aromatic carbocycles. The summed E-state index contributed by atoms with van der Waals surface area (Å²) in [6, 6.07) is 5.58. The quantitative estimate of drug-likeness (QED) is 0.879. The van der Waals surface area contributed by atoms with Gasteiger partial charge in [0.05, 0.1) is 5.92 Å². The van der Waals surface area contributed by atoms with E-state index in [-0.39, 0.29) is 23.6 Å². The molecule has 1 aliphatic rings. The van der Waals surface area contributed by atoms with E-state index >= 15 is 0 Å². The fourth-order valence-electron chi connectivity index (χ4n) is 2.85. The van der Waals surface area contributed by atoms with Crippen LogP contribution in [0.1, 0.15) is 31.0 Å². The van der Waals surface area contributed by atoms with Crippen LogP contribution in [-0.2, 0) is 4.79 Å². The number of benzene rings is 1. The number of aliphatic carboxylic acids is 1. The highest BCUT2D eigenvalue weighted by Crippen LogP contribution is 2.34. The van der Waals surface area contributed by atoms with Crippen LogP contribution in [0.3, 0.4) is 0 Å². The number of carbonyl (C=O) groups is 1. The van der Waals surface area contributed by atoms with Crippen molar-refractivity contribution in [3.8, 4) is 5.75 Å². The second kappa shape index (κ2) is 5.21. The molecule has 1 aliphatic heterocycles. The van der Waals surface area contributed by atoms with E-state index in [1.165, 1.54) is 0 Å². The van der Waals surface area contributed by atoms with E-state index in [1.54, 1.807) is 6.07 Å². The molecule has 4 heteroatoms. The Kier molecular flexibility index (Phi) is 3.80. The van der Waals surface area contributed by atoms with Gasteiger partial charge in [-0.25, -0.2) is 0 Å². The number of rotatable bonds is 3. The van der Waals surface area contributed by atoms with Crippen LogP contribution in [0.15, 0.2) is 18.2 Å². The normalized spacial score (nSPS) is 25.4. The molecule has 1 aromatic rings. The zero-order chi connectivity index (χ0) is 14.2. The number of hydrogen-bond donors (Lipinski definition) is 2. The largest absolute Gasteiger partial charge is 0.508 e. The summed E-state index contributed by atoms with van der Waals surface area (Å²) < 4.78 is 0. The van der Waals surface area contributed by atoms with Crippen molar-refractivity contribution in [1.82, 2.24) is 4.90 Å². The number of carboxylic acid groups (broad SMARTS) is 1. The zero-order valence-electron chi connectivity index (χ0n) is 11.6. The standard InChI is InChI=1S/C15H21NO3/c1-9-4-5-14(17)12(6-9)11(3)16-7-10(2)13(8-16)15(18)19/h4-6,10-11,13,17H,7-8H2,1-3H3,(H,18,19)/t10-,11?,13-/m1/s1. The second-order valence-corrected chi connectivity index (χ2v) is 5.61. The second-order valence-electron chi connectivity index (χ2n) is 5.61. The van der Waals surface area contributed by atoms with Crippen molar-refractivity contribution >= 4 is 5.97 Å². The van der Waals surface area contributed by atoms with Gasteiger partial charge < -0.3 is 10.2 Å². The number of hydrogen-bond acceptors (Lipinski definition) is 3. The van der Waals surface area contributed by atoms with E-state index in [4.69, 9.17) is 0 Å². The van der Waals surface area contributed by atoms with Crippen molar-refractivity contribution in [3.63, 3.8) is 0 Å². The van der Waals surface area contributed by atoms with Crippen LogP contribution in [0.2, 0.25) is 0 Å². The minimum atomic E-state index is -0.726. The van der Waals surface area contributed by atoms with Crippen LogP contribution in [0.4, 0.5) is 0 Å². The molecule has 104 valence electrons. The Bertz CT molecular complexity index is 486. The van der Waals surface area contributed by atoms with Gasteiger partial charge in [0.15, 0.2) is 0 Å². The molecular weight excluding hydrogens is 242 g/mol. The molecule has 1 heterocycles. The zero-order valence-corrected chi connectivity index (χ0v) is 11.6. The van der Waals surface area contributed by atoms with Crippen LogP contribution in [0.25, 0.3) is 0 Å². The van der Waals surface area contributed by atoms with Crippen LogP contribution in [-0.4, -0.2) is 34.2 Å². The average molecular weight is 263 g/mol. The van der Waals surface area contributed by atoms with Gasteiger partial charge in [0, 0.05) is 24.7 Å². The number of aromatic hydroxyl groups is 1. The number of carboxylic acids is 1. The molecule has 0 amide bonds. The molecule has 19 heavy (non-hydrogen) atoms. The van der Waals surface area contributed by atoms with Gasteiger partial charge in [-0.1, -0.05) is 24.6 Å². The Hall–Kier alpha value is -1.55. The van der Waals surface area contributed by atoms with Crippen LogP contribution < -0.4 is 0 Å². The molecule has 0 bridgehead atoms. The van der Waals surface area contributed by atoms with Crippen molar-refractivity contribution in [1.29, 1.82) is 0 Å². The maximum absolute atomic E-state index is 11.2. The van der Waals surface area contributed by atoms with Crippen LogP contribution in [0.5, 0.6) is 5.75 Å². The molecule has 0 aromatic heterocycles. The number of phenols is 1. The first-order valence-corrected chi connectivity index (χ1v) is 6.66. The molecule has 0 spiro atoms. The van der Waals surface area contributed by atoms with Crippen LogP contribution >= 0.6 is 0 Å². The van der Waals surface area contributed by atoms with Crippen molar-refractivity contribution < 1.29 is 15.0 Å². The van der Waals surface area contributed by atoms with E-state index in [0.29, 0.717) is 6.54 Å². The van der Waals surface area contributed by atoms with Crippen molar-refractivity contribution in [2.75, 3.05) is 13.1 Å². The molecule has 1 unspecified atom stereocenters. The van der Waals surface area contributed by atoms with E-state index in [9.17, 15) is 15.0 Å². The molecule has 2 N–H and O–H groups in total. The number of nitrogens with zero attached hydrogens (tertiary/aromatic N) is 1. The van der Waals surface area contributed by atoms with Gasteiger partial charge in [-0.05, 0) is 25.8 Å². The SMILES string of the molecule is Cc1ccc(O)c(C(C)N2C[C@@H](C)[C@H](C(=O)O)C2)c1. The molecule has 3 atom stereocenters. The predicted molar refractivity (Wildman–Crippen MR) is 73.1 cm³/mol. The minimum Gasteiger partial charge on any atom is -0.508 e. The smallest absolute Gasteiger partial charge is 0.308 e. The molecule has 4 nitrogen and oxygen atoms in total. The fraction of sp³-hybridized carbons (Fsp3) is 0.533. The summed E-state index contributed by atoms with van der Waals surface area (Å²) in [5, 5.41) is 19.1. The first-order valence-electron chi connectivity index (χ1n) is 6.66. The van der Waals surface area contributed by atoms with E-state index in [0.717, 1.165) is 17.7 Å². The number of likely N-dealkylation sites (tertiary alicyclic amines) is 1. The minimum absolute atomic E-state index is 0.0340.